The molecule has 2 bridgehead atoms. The van der Waals surface area contributed by atoms with Gasteiger partial charge in [0.1, 0.15) is 5.75 Å². The maximum Gasteiger partial charge on any atom is 0.573 e. The Morgan fingerprint density at radius 1 is 1.24 bits per heavy atom. The van der Waals surface area contributed by atoms with Gasteiger partial charge in [0.05, 0.1) is 4.90 Å². The van der Waals surface area contributed by atoms with E-state index in [0.29, 0.717) is 11.8 Å². The Morgan fingerprint density at radius 3 is 2.38 bits per heavy atom. The van der Waals surface area contributed by atoms with Crippen molar-refractivity contribution in [2.75, 3.05) is 12.3 Å². The molecule has 2 fully saturated rings. The van der Waals surface area contributed by atoms with E-state index in [1.54, 1.807) is 11.8 Å². The smallest absolute Gasteiger partial charge is 0.406 e. The molecule has 2 heterocycles. The molecule has 2 unspecified atom stereocenters. The number of ether oxygens (including phenoxy) is 1. The van der Waals surface area contributed by atoms with E-state index in [2.05, 4.69) is 4.74 Å². The van der Waals surface area contributed by atoms with E-state index in [1.807, 2.05) is 0 Å². The second-order valence-electron chi connectivity index (χ2n) is 4.94. The lowest BCUT2D eigenvalue weighted by Gasteiger charge is -2.25. The molecule has 3 rings (SSSR count). The number of halogens is 3. The highest BCUT2D eigenvalue weighted by molar-refractivity contribution is 8.00. The molecular weight excluding hydrogens is 327 g/mol. The molecule has 0 N–H and O–H groups in total. The van der Waals surface area contributed by atoms with Gasteiger partial charge in [-0.25, -0.2) is 8.42 Å². The molecule has 21 heavy (non-hydrogen) atoms. The summed E-state index contributed by atoms with van der Waals surface area (Å²) in [5.41, 5.74) is 0. The molecule has 2 aliphatic rings. The summed E-state index contributed by atoms with van der Waals surface area (Å²) in [6.45, 7) is 0.471. The van der Waals surface area contributed by atoms with E-state index in [-0.39, 0.29) is 10.9 Å². The molecule has 0 amide bonds. The minimum atomic E-state index is -4.79. The summed E-state index contributed by atoms with van der Waals surface area (Å²) in [4.78, 5) is -0.00502. The standard InChI is InChI=1S/C12H12F3NO3S2/c13-12(14,15)19-9-1-3-11(4-2-9)21(17,18)16-6-10-5-8(16)7-20-10/h1-4,8,10H,5-7H2. The van der Waals surface area contributed by atoms with Crippen LogP contribution in [0.3, 0.4) is 0 Å². The highest BCUT2D eigenvalue weighted by Gasteiger charge is 2.44. The lowest BCUT2D eigenvalue weighted by molar-refractivity contribution is -0.274. The predicted octanol–water partition coefficient (Wildman–Crippen LogP) is 2.46. The predicted molar refractivity (Wildman–Crippen MR) is 71.7 cm³/mol. The molecule has 9 heteroatoms. The molecular formula is C12H12F3NO3S2. The number of benzene rings is 1. The van der Waals surface area contributed by atoms with E-state index < -0.39 is 22.1 Å². The number of hydrogen-bond donors (Lipinski definition) is 0. The van der Waals surface area contributed by atoms with Gasteiger partial charge < -0.3 is 4.74 Å². The highest BCUT2D eigenvalue weighted by Crippen LogP contribution is 2.40. The fourth-order valence-corrected chi connectivity index (χ4v) is 5.91. The maximum atomic E-state index is 12.5. The largest absolute Gasteiger partial charge is 0.573 e. The first-order valence-electron chi connectivity index (χ1n) is 6.25. The number of nitrogens with zero attached hydrogens (tertiary/aromatic N) is 1. The van der Waals surface area contributed by atoms with Crippen molar-refractivity contribution in [2.45, 2.75) is 29.0 Å². The molecule has 2 atom stereocenters. The summed E-state index contributed by atoms with van der Waals surface area (Å²) >= 11 is 1.76. The van der Waals surface area contributed by atoms with Crippen LogP contribution in [0, 0.1) is 0 Å². The van der Waals surface area contributed by atoms with Crippen LogP contribution in [0.4, 0.5) is 13.2 Å². The molecule has 0 radical (unpaired) electrons. The SMILES string of the molecule is O=S(=O)(c1ccc(OC(F)(F)F)cc1)N1CC2CC1CS2. The molecule has 4 nitrogen and oxygen atoms in total. The highest BCUT2D eigenvalue weighted by atomic mass is 32.2. The van der Waals surface area contributed by atoms with Crippen molar-refractivity contribution >= 4 is 21.8 Å². The van der Waals surface area contributed by atoms with E-state index in [1.165, 1.54) is 4.31 Å². The number of thioether (sulfide) groups is 1. The number of sulfonamides is 1. The van der Waals surface area contributed by atoms with E-state index >= 15 is 0 Å². The Bertz CT molecular complexity index is 630. The van der Waals surface area contributed by atoms with Gasteiger partial charge in [-0.3, -0.25) is 0 Å². The van der Waals surface area contributed by atoms with Gasteiger partial charge in [-0.05, 0) is 30.7 Å². The third-order valence-electron chi connectivity index (χ3n) is 3.51. The molecule has 2 saturated heterocycles. The minimum absolute atomic E-state index is 0.00361. The zero-order valence-corrected chi connectivity index (χ0v) is 12.3. The van der Waals surface area contributed by atoms with Crippen LogP contribution in [0.15, 0.2) is 29.2 Å². The molecule has 2 aliphatic heterocycles. The zero-order valence-electron chi connectivity index (χ0n) is 10.7. The minimum Gasteiger partial charge on any atom is -0.406 e. The maximum absolute atomic E-state index is 12.5. The molecule has 0 aromatic heterocycles. The van der Waals surface area contributed by atoms with Gasteiger partial charge >= 0.3 is 6.36 Å². The van der Waals surface area contributed by atoms with Crippen LogP contribution in [0.2, 0.25) is 0 Å². The van der Waals surface area contributed by atoms with Gasteiger partial charge in [-0.1, -0.05) is 0 Å². The quantitative estimate of drug-likeness (QED) is 0.849. The van der Waals surface area contributed by atoms with Gasteiger partial charge in [0, 0.05) is 23.6 Å². The first kappa shape index (κ1) is 15.0. The van der Waals surface area contributed by atoms with Crippen LogP contribution < -0.4 is 4.74 Å². The number of fused-ring (bicyclic) bond motifs is 2. The molecule has 116 valence electrons. The Morgan fingerprint density at radius 2 is 1.90 bits per heavy atom. The summed E-state index contributed by atoms with van der Waals surface area (Å²) in [5, 5.41) is 0.331. The molecule has 0 spiro atoms. The molecule has 1 aromatic carbocycles. The molecule has 0 saturated carbocycles. The van der Waals surface area contributed by atoms with Crippen molar-refractivity contribution in [2.24, 2.45) is 0 Å². The monoisotopic (exact) mass is 339 g/mol. The second kappa shape index (κ2) is 5.06. The molecule has 1 aromatic rings. The summed E-state index contributed by atoms with van der Waals surface area (Å²) in [6.07, 6.45) is -3.94. The van der Waals surface area contributed by atoms with Crippen LogP contribution in [0.25, 0.3) is 0 Å². The Labute approximate surface area is 124 Å². The average molecular weight is 339 g/mol. The second-order valence-corrected chi connectivity index (χ2v) is 8.16. The lowest BCUT2D eigenvalue weighted by Crippen LogP contribution is -2.39. The first-order chi connectivity index (χ1) is 9.75. The van der Waals surface area contributed by atoms with E-state index in [4.69, 9.17) is 0 Å². The van der Waals surface area contributed by atoms with Gasteiger partial charge in [0.2, 0.25) is 10.0 Å². The van der Waals surface area contributed by atoms with Crippen LogP contribution in [-0.2, 0) is 10.0 Å². The van der Waals surface area contributed by atoms with E-state index in [0.717, 1.165) is 36.4 Å². The van der Waals surface area contributed by atoms with Crippen molar-refractivity contribution in [3.05, 3.63) is 24.3 Å². The normalized spacial score (nSPS) is 26.2. The average Bonchev–Trinajstić information content (AvgIpc) is 3.00. The van der Waals surface area contributed by atoms with Gasteiger partial charge in [-0.2, -0.15) is 16.1 Å². The van der Waals surface area contributed by atoms with E-state index in [9.17, 15) is 21.6 Å². The summed E-state index contributed by atoms with van der Waals surface area (Å²) in [7, 11) is -3.65. The fourth-order valence-electron chi connectivity index (χ4n) is 2.61. The van der Waals surface area contributed by atoms with Gasteiger partial charge in [-0.15, -0.1) is 13.2 Å². The van der Waals surface area contributed by atoms with Crippen LogP contribution in [-0.4, -0.2) is 42.7 Å². The fraction of sp³-hybridized carbons (Fsp3) is 0.500. The van der Waals surface area contributed by atoms with Crippen molar-refractivity contribution in [3.63, 3.8) is 0 Å². The number of rotatable bonds is 3. The van der Waals surface area contributed by atoms with Gasteiger partial charge in [0.25, 0.3) is 0 Å². The van der Waals surface area contributed by atoms with Crippen LogP contribution in [0.1, 0.15) is 6.42 Å². The molecule has 0 aliphatic carbocycles. The summed E-state index contributed by atoms with van der Waals surface area (Å²) < 4.78 is 66.4. The topological polar surface area (TPSA) is 46.6 Å². The van der Waals surface area contributed by atoms with Crippen molar-refractivity contribution < 1.29 is 26.3 Å². The Hall–Kier alpha value is -0.930. The van der Waals surface area contributed by atoms with Crippen molar-refractivity contribution in [3.8, 4) is 5.75 Å². The number of alkyl halides is 3. The number of hydrogen-bond acceptors (Lipinski definition) is 4. The third-order valence-corrected chi connectivity index (χ3v) is 6.84. The summed E-state index contributed by atoms with van der Waals surface area (Å²) in [6, 6.07) is 4.33. The first-order valence-corrected chi connectivity index (χ1v) is 8.74. The van der Waals surface area contributed by atoms with Gasteiger partial charge in [0.15, 0.2) is 0 Å². The van der Waals surface area contributed by atoms with Crippen LogP contribution in [0.5, 0.6) is 5.75 Å². The van der Waals surface area contributed by atoms with Crippen molar-refractivity contribution in [1.82, 2.24) is 4.31 Å². The third kappa shape index (κ3) is 3.00. The Kier molecular flexibility index (Phi) is 3.61. The van der Waals surface area contributed by atoms with Crippen LogP contribution >= 0.6 is 11.8 Å². The zero-order chi connectivity index (χ0) is 15.3. The lowest BCUT2D eigenvalue weighted by atomic mass is 10.3. The summed E-state index contributed by atoms with van der Waals surface area (Å²) in [5.74, 6) is 0.346. The van der Waals surface area contributed by atoms with Crippen molar-refractivity contribution in [1.29, 1.82) is 0 Å². The Balaban J connectivity index is 1.80.